The second-order valence-corrected chi connectivity index (χ2v) is 4.46. The number of nitrogens with zero attached hydrogens (tertiary/aromatic N) is 1. The molecule has 0 aromatic carbocycles. The number of carboxylic acid groups (broad SMARTS) is 1. The second kappa shape index (κ2) is 6.26. The number of hydrogen-bond donors (Lipinski definition) is 3. The molecule has 6 nitrogen and oxygen atoms in total. The molecule has 18 heavy (non-hydrogen) atoms. The van der Waals surface area contributed by atoms with Crippen molar-refractivity contribution in [2.75, 3.05) is 13.2 Å². The van der Waals surface area contributed by atoms with Crippen LogP contribution in [-0.2, 0) is 4.79 Å². The third-order valence-electron chi connectivity index (χ3n) is 3.25. The molecule has 1 rings (SSSR count). The van der Waals surface area contributed by atoms with Crippen molar-refractivity contribution in [2.45, 2.75) is 31.8 Å². The molecule has 1 saturated heterocycles. The van der Waals surface area contributed by atoms with Crippen molar-refractivity contribution in [1.82, 2.24) is 10.2 Å². The highest BCUT2D eigenvalue weighted by Gasteiger charge is 2.35. The van der Waals surface area contributed by atoms with Crippen LogP contribution in [0.5, 0.6) is 0 Å². The lowest BCUT2D eigenvalue weighted by Gasteiger charge is -2.26. The summed E-state index contributed by atoms with van der Waals surface area (Å²) in [5.74, 6) is 1.26. The van der Waals surface area contributed by atoms with Crippen LogP contribution < -0.4 is 5.32 Å². The zero-order chi connectivity index (χ0) is 13.7. The van der Waals surface area contributed by atoms with Gasteiger partial charge in [-0.2, -0.15) is 0 Å². The van der Waals surface area contributed by atoms with E-state index in [0.717, 1.165) is 6.42 Å². The number of urea groups is 1. The molecule has 1 fully saturated rings. The Bertz CT molecular complexity index is 364. The Kier molecular flexibility index (Phi) is 4.98. The Morgan fingerprint density at radius 3 is 2.78 bits per heavy atom. The van der Waals surface area contributed by atoms with Gasteiger partial charge in [-0.15, -0.1) is 12.3 Å². The highest BCUT2D eigenvalue weighted by molar-refractivity contribution is 5.83. The van der Waals surface area contributed by atoms with Crippen LogP contribution in [0.4, 0.5) is 4.79 Å². The van der Waals surface area contributed by atoms with Crippen molar-refractivity contribution in [3.05, 3.63) is 0 Å². The topological polar surface area (TPSA) is 89.9 Å². The number of aliphatic carboxylic acids is 1. The number of aliphatic hydroxyl groups excluding tert-OH is 1. The predicted molar refractivity (Wildman–Crippen MR) is 64.8 cm³/mol. The molecular formula is C12H18N2O4. The number of terminal acetylenes is 1. The van der Waals surface area contributed by atoms with Crippen LogP contribution in [0, 0.1) is 18.3 Å². The Hall–Kier alpha value is -1.74. The van der Waals surface area contributed by atoms with Gasteiger partial charge in [-0.05, 0) is 12.3 Å². The average molecular weight is 254 g/mol. The van der Waals surface area contributed by atoms with E-state index in [4.69, 9.17) is 11.5 Å². The molecule has 1 heterocycles. The Morgan fingerprint density at radius 2 is 2.28 bits per heavy atom. The lowest BCUT2D eigenvalue weighted by Crippen LogP contribution is -2.50. The third-order valence-corrected chi connectivity index (χ3v) is 3.25. The van der Waals surface area contributed by atoms with Gasteiger partial charge in [0.15, 0.2) is 0 Å². The van der Waals surface area contributed by atoms with Crippen molar-refractivity contribution < 1.29 is 19.8 Å². The van der Waals surface area contributed by atoms with Crippen molar-refractivity contribution in [3.8, 4) is 12.3 Å². The van der Waals surface area contributed by atoms with Crippen LogP contribution in [0.15, 0.2) is 0 Å². The molecule has 0 radical (unpaired) electrons. The number of hydrogen-bond acceptors (Lipinski definition) is 3. The molecule has 3 unspecified atom stereocenters. The fourth-order valence-corrected chi connectivity index (χ4v) is 2.09. The summed E-state index contributed by atoms with van der Waals surface area (Å²) in [5.41, 5.74) is 0. The van der Waals surface area contributed by atoms with Gasteiger partial charge < -0.3 is 20.4 Å². The normalized spacial score (nSPS) is 24.4. The first-order chi connectivity index (χ1) is 8.51. The molecule has 3 N–H and O–H groups in total. The number of rotatable bonds is 4. The minimum absolute atomic E-state index is 0.0613. The van der Waals surface area contributed by atoms with E-state index in [-0.39, 0.29) is 25.0 Å². The number of carboxylic acids is 1. The van der Waals surface area contributed by atoms with Crippen molar-refractivity contribution in [3.63, 3.8) is 0 Å². The summed E-state index contributed by atoms with van der Waals surface area (Å²) in [6, 6.07) is -1.83. The third kappa shape index (κ3) is 3.14. The molecule has 0 aliphatic carbocycles. The van der Waals surface area contributed by atoms with Crippen LogP contribution in [0.2, 0.25) is 0 Å². The van der Waals surface area contributed by atoms with E-state index in [9.17, 15) is 14.7 Å². The molecule has 100 valence electrons. The van der Waals surface area contributed by atoms with Gasteiger partial charge in [-0.25, -0.2) is 9.59 Å². The molecular weight excluding hydrogens is 236 g/mol. The predicted octanol–water partition coefficient (Wildman–Crippen LogP) is -0.125. The van der Waals surface area contributed by atoms with Gasteiger partial charge >= 0.3 is 12.0 Å². The lowest BCUT2D eigenvalue weighted by molar-refractivity contribution is -0.139. The molecule has 3 atom stereocenters. The first kappa shape index (κ1) is 14.3. The average Bonchev–Trinajstić information content (AvgIpc) is 2.69. The fourth-order valence-electron chi connectivity index (χ4n) is 2.09. The maximum absolute atomic E-state index is 11.9. The molecule has 1 aliphatic heterocycles. The first-order valence-electron chi connectivity index (χ1n) is 5.85. The van der Waals surface area contributed by atoms with Crippen LogP contribution in [0.3, 0.4) is 0 Å². The van der Waals surface area contributed by atoms with Gasteiger partial charge in [0.05, 0.1) is 12.6 Å². The molecule has 0 saturated carbocycles. The van der Waals surface area contributed by atoms with E-state index in [2.05, 4.69) is 11.2 Å². The number of nitrogens with one attached hydrogen (secondary N) is 1. The highest BCUT2D eigenvalue weighted by Crippen LogP contribution is 2.23. The molecule has 6 heteroatoms. The molecule has 0 spiro atoms. The molecule has 2 amide bonds. The van der Waals surface area contributed by atoms with E-state index in [1.807, 2.05) is 6.92 Å². The Balaban J connectivity index is 2.64. The van der Waals surface area contributed by atoms with Crippen molar-refractivity contribution in [2.24, 2.45) is 5.92 Å². The monoisotopic (exact) mass is 254 g/mol. The van der Waals surface area contributed by atoms with Gasteiger partial charge in [0.2, 0.25) is 0 Å². The summed E-state index contributed by atoms with van der Waals surface area (Å²) in [6.45, 7) is 2.34. The largest absolute Gasteiger partial charge is 0.480 e. The van der Waals surface area contributed by atoms with Gasteiger partial charge in [-0.1, -0.05) is 6.92 Å². The number of carbonyl (C=O) groups is 2. The minimum Gasteiger partial charge on any atom is -0.480 e. The van der Waals surface area contributed by atoms with E-state index in [1.165, 1.54) is 4.90 Å². The van der Waals surface area contributed by atoms with Gasteiger partial charge in [0.25, 0.3) is 0 Å². The van der Waals surface area contributed by atoms with Crippen molar-refractivity contribution in [1.29, 1.82) is 0 Å². The maximum atomic E-state index is 11.9. The molecule has 0 bridgehead atoms. The molecule has 0 aromatic heterocycles. The van der Waals surface area contributed by atoms with E-state index in [0.29, 0.717) is 6.54 Å². The molecule has 0 aromatic rings. The lowest BCUT2D eigenvalue weighted by atomic mass is 10.0. The summed E-state index contributed by atoms with van der Waals surface area (Å²) in [6.07, 6.45) is 5.79. The smallest absolute Gasteiger partial charge is 0.327 e. The van der Waals surface area contributed by atoms with E-state index < -0.39 is 18.0 Å². The summed E-state index contributed by atoms with van der Waals surface area (Å²) in [4.78, 5) is 24.3. The van der Waals surface area contributed by atoms with Crippen LogP contribution >= 0.6 is 0 Å². The summed E-state index contributed by atoms with van der Waals surface area (Å²) in [5, 5.41) is 20.5. The summed E-state index contributed by atoms with van der Waals surface area (Å²) >= 11 is 0. The van der Waals surface area contributed by atoms with E-state index >= 15 is 0 Å². The SMILES string of the molecule is C#CCC(NC(=O)N1CCC(C)C1CO)C(=O)O. The van der Waals surface area contributed by atoms with Gasteiger partial charge in [-0.3, -0.25) is 0 Å². The Morgan fingerprint density at radius 1 is 1.61 bits per heavy atom. The van der Waals surface area contributed by atoms with Crippen LogP contribution in [0.25, 0.3) is 0 Å². The number of carbonyl (C=O) groups excluding carboxylic acids is 1. The first-order valence-corrected chi connectivity index (χ1v) is 5.85. The summed E-state index contributed by atoms with van der Waals surface area (Å²) < 4.78 is 0. The van der Waals surface area contributed by atoms with Gasteiger partial charge in [0, 0.05) is 13.0 Å². The highest BCUT2D eigenvalue weighted by atomic mass is 16.4. The zero-order valence-electron chi connectivity index (χ0n) is 10.3. The van der Waals surface area contributed by atoms with Crippen molar-refractivity contribution >= 4 is 12.0 Å². The number of likely N-dealkylation sites (tertiary alicyclic amines) is 1. The summed E-state index contributed by atoms with van der Waals surface area (Å²) in [7, 11) is 0. The second-order valence-electron chi connectivity index (χ2n) is 4.46. The quantitative estimate of drug-likeness (QED) is 0.610. The number of amides is 2. The fraction of sp³-hybridized carbons (Fsp3) is 0.667. The Labute approximate surface area is 106 Å². The minimum atomic E-state index is -1.16. The van der Waals surface area contributed by atoms with E-state index in [1.54, 1.807) is 0 Å². The standard InChI is InChI=1S/C12H18N2O4/c1-3-4-9(11(16)17)13-12(18)14-6-5-8(2)10(14)7-15/h1,8-10,15H,4-7H2,2H3,(H,13,18)(H,16,17). The van der Waals surface area contributed by atoms with Crippen LogP contribution in [-0.4, -0.2) is 52.3 Å². The maximum Gasteiger partial charge on any atom is 0.327 e. The van der Waals surface area contributed by atoms with Gasteiger partial charge in [0.1, 0.15) is 6.04 Å². The van der Waals surface area contributed by atoms with Crippen LogP contribution in [0.1, 0.15) is 19.8 Å². The molecule has 1 aliphatic rings. The zero-order valence-corrected chi connectivity index (χ0v) is 10.3. The number of aliphatic hydroxyl groups is 1.